The van der Waals surface area contributed by atoms with Crippen LogP contribution in [0, 0.1) is 0 Å². The minimum Gasteiger partial charge on any atom is -0.493 e. The van der Waals surface area contributed by atoms with Crippen LogP contribution in [0.5, 0.6) is 11.5 Å². The summed E-state index contributed by atoms with van der Waals surface area (Å²) in [4.78, 5) is 25.7. The Morgan fingerprint density at radius 2 is 1.80 bits per heavy atom. The maximum Gasteiger partial charge on any atom is 0.387 e. The Balaban J connectivity index is 2.17. The van der Waals surface area contributed by atoms with E-state index in [1.807, 2.05) is 0 Å². The van der Waals surface area contributed by atoms with Gasteiger partial charge in [-0.15, -0.1) is 0 Å². The standard InChI is InChI=1S/C21H20ClF2NO5/c1-28-18-11-14(5-9-17(18)30-21(23)24)6-10-19(26)25(13-20(27)29-2)12-15-3-7-16(22)8-4-15/h3-11,21H,12-13H2,1-2H3/b10-6+. The van der Waals surface area contributed by atoms with Crippen LogP contribution in [-0.2, 0) is 20.9 Å². The molecule has 0 radical (unpaired) electrons. The number of alkyl halides is 2. The third-order valence-corrected chi connectivity index (χ3v) is 4.22. The van der Waals surface area contributed by atoms with E-state index in [1.54, 1.807) is 24.3 Å². The molecular weight excluding hydrogens is 420 g/mol. The van der Waals surface area contributed by atoms with E-state index in [9.17, 15) is 18.4 Å². The molecule has 0 saturated heterocycles. The number of esters is 1. The van der Waals surface area contributed by atoms with Gasteiger partial charge in [-0.1, -0.05) is 29.8 Å². The van der Waals surface area contributed by atoms with Crippen molar-refractivity contribution in [3.8, 4) is 11.5 Å². The number of hydrogen-bond acceptors (Lipinski definition) is 5. The fourth-order valence-electron chi connectivity index (χ4n) is 2.50. The van der Waals surface area contributed by atoms with Crippen molar-refractivity contribution in [2.24, 2.45) is 0 Å². The number of carbonyl (C=O) groups excluding carboxylic acids is 2. The molecule has 2 rings (SSSR count). The number of halogens is 3. The van der Waals surface area contributed by atoms with Crippen LogP contribution < -0.4 is 9.47 Å². The minimum atomic E-state index is -2.98. The number of methoxy groups -OCH3 is 2. The number of benzene rings is 2. The molecule has 160 valence electrons. The van der Waals surface area contributed by atoms with Crippen molar-refractivity contribution in [3.63, 3.8) is 0 Å². The van der Waals surface area contributed by atoms with Crippen LogP contribution in [0.25, 0.3) is 6.08 Å². The highest BCUT2D eigenvalue weighted by molar-refractivity contribution is 6.30. The van der Waals surface area contributed by atoms with Gasteiger partial charge in [-0.3, -0.25) is 9.59 Å². The van der Waals surface area contributed by atoms with E-state index in [2.05, 4.69) is 9.47 Å². The molecule has 0 N–H and O–H groups in total. The molecule has 0 aliphatic heterocycles. The molecule has 0 bridgehead atoms. The molecule has 0 fully saturated rings. The van der Waals surface area contributed by atoms with E-state index < -0.39 is 18.5 Å². The fourth-order valence-corrected chi connectivity index (χ4v) is 2.62. The summed E-state index contributed by atoms with van der Waals surface area (Å²) >= 11 is 5.87. The van der Waals surface area contributed by atoms with E-state index in [-0.39, 0.29) is 24.6 Å². The van der Waals surface area contributed by atoms with Gasteiger partial charge in [0.2, 0.25) is 5.91 Å². The molecule has 9 heteroatoms. The Morgan fingerprint density at radius 3 is 2.40 bits per heavy atom. The molecule has 0 spiro atoms. The summed E-state index contributed by atoms with van der Waals surface area (Å²) in [6, 6.07) is 11.1. The average Bonchev–Trinajstić information content (AvgIpc) is 2.73. The summed E-state index contributed by atoms with van der Waals surface area (Å²) in [6.45, 7) is -3.06. The Kier molecular flexibility index (Phi) is 8.61. The highest BCUT2D eigenvalue weighted by Crippen LogP contribution is 2.29. The predicted octanol–water partition coefficient (Wildman–Crippen LogP) is 4.17. The molecule has 0 atom stereocenters. The fraction of sp³-hybridized carbons (Fsp3) is 0.238. The van der Waals surface area contributed by atoms with Gasteiger partial charge in [-0.2, -0.15) is 8.78 Å². The van der Waals surface area contributed by atoms with E-state index >= 15 is 0 Å². The highest BCUT2D eigenvalue weighted by Gasteiger charge is 2.16. The lowest BCUT2D eigenvalue weighted by molar-refractivity contribution is -0.145. The van der Waals surface area contributed by atoms with Crippen LogP contribution in [0.3, 0.4) is 0 Å². The van der Waals surface area contributed by atoms with Gasteiger partial charge in [0.25, 0.3) is 0 Å². The van der Waals surface area contributed by atoms with Crippen LogP contribution in [0.2, 0.25) is 5.02 Å². The first-order valence-corrected chi connectivity index (χ1v) is 9.11. The van der Waals surface area contributed by atoms with Gasteiger partial charge >= 0.3 is 12.6 Å². The van der Waals surface area contributed by atoms with Crippen LogP contribution >= 0.6 is 11.6 Å². The largest absolute Gasteiger partial charge is 0.493 e. The number of amides is 1. The van der Waals surface area contributed by atoms with Crippen molar-refractivity contribution in [1.29, 1.82) is 0 Å². The zero-order valence-corrected chi connectivity index (χ0v) is 17.1. The first-order valence-electron chi connectivity index (χ1n) is 8.73. The lowest BCUT2D eigenvalue weighted by Gasteiger charge is -2.20. The number of carbonyl (C=O) groups is 2. The second-order valence-corrected chi connectivity index (χ2v) is 6.46. The maximum atomic E-state index is 12.7. The van der Waals surface area contributed by atoms with E-state index in [0.29, 0.717) is 10.6 Å². The van der Waals surface area contributed by atoms with Crippen LogP contribution in [0.15, 0.2) is 48.5 Å². The van der Waals surface area contributed by atoms with E-state index in [0.717, 1.165) is 5.56 Å². The first-order chi connectivity index (χ1) is 14.3. The van der Waals surface area contributed by atoms with Crippen molar-refractivity contribution in [2.45, 2.75) is 13.2 Å². The Morgan fingerprint density at radius 1 is 1.10 bits per heavy atom. The van der Waals surface area contributed by atoms with Gasteiger partial charge in [0, 0.05) is 17.6 Å². The van der Waals surface area contributed by atoms with Crippen LogP contribution in [0.1, 0.15) is 11.1 Å². The van der Waals surface area contributed by atoms with Crippen molar-refractivity contribution in [1.82, 2.24) is 4.90 Å². The van der Waals surface area contributed by atoms with E-state index in [1.165, 1.54) is 49.5 Å². The second kappa shape index (κ2) is 11.2. The topological polar surface area (TPSA) is 65.1 Å². The zero-order chi connectivity index (χ0) is 22.1. The molecule has 2 aromatic carbocycles. The molecule has 0 aliphatic rings. The zero-order valence-electron chi connectivity index (χ0n) is 16.3. The number of nitrogens with zero attached hydrogens (tertiary/aromatic N) is 1. The molecule has 0 aromatic heterocycles. The van der Waals surface area contributed by atoms with Gasteiger partial charge in [0.15, 0.2) is 11.5 Å². The average molecular weight is 440 g/mol. The Hall–Kier alpha value is -3.13. The molecule has 6 nitrogen and oxygen atoms in total. The first kappa shape index (κ1) is 23.2. The molecule has 0 aliphatic carbocycles. The molecule has 30 heavy (non-hydrogen) atoms. The second-order valence-electron chi connectivity index (χ2n) is 6.02. The molecule has 0 heterocycles. The summed E-state index contributed by atoms with van der Waals surface area (Å²) in [5.74, 6) is -1.04. The summed E-state index contributed by atoms with van der Waals surface area (Å²) in [6.07, 6.45) is 2.74. The maximum absolute atomic E-state index is 12.7. The van der Waals surface area contributed by atoms with Crippen molar-refractivity contribution in [3.05, 3.63) is 64.7 Å². The molecule has 0 unspecified atom stereocenters. The number of hydrogen-bond donors (Lipinski definition) is 0. The lowest BCUT2D eigenvalue weighted by atomic mass is 10.1. The monoisotopic (exact) mass is 439 g/mol. The molecule has 1 amide bonds. The predicted molar refractivity (Wildman–Crippen MR) is 108 cm³/mol. The minimum absolute atomic E-state index is 0.0949. The third kappa shape index (κ3) is 7.04. The molecule has 0 saturated carbocycles. The van der Waals surface area contributed by atoms with Crippen molar-refractivity contribution in [2.75, 3.05) is 20.8 Å². The Bertz CT molecular complexity index is 903. The van der Waals surface area contributed by atoms with Gasteiger partial charge in [-0.05, 0) is 41.5 Å². The van der Waals surface area contributed by atoms with Crippen LogP contribution in [-0.4, -0.2) is 44.2 Å². The molecular formula is C21H20ClF2NO5. The van der Waals surface area contributed by atoms with Gasteiger partial charge in [0.1, 0.15) is 6.54 Å². The smallest absolute Gasteiger partial charge is 0.387 e. The summed E-state index contributed by atoms with van der Waals surface area (Å²) in [5.41, 5.74) is 1.30. The SMILES string of the molecule is COC(=O)CN(Cc1ccc(Cl)cc1)C(=O)/C=C/c1ccc(OC(F)F)c(OC)c1. The third-order valence-electron chi connectivity index (χ3n) is 3.97. The van der Waals surface area contributed by atoms with Gasteiger partial charge in [0.05, 0.1) is 14.2 Å². The summed E-state index contributed by atoms with van der Waals surface area (Å²) in [7, 11) is 2.55. The van der Waals surface area contributed by atoms with Crippen molar-refractivity contribution >= 4 is 29.6 Å². The van der Waals surface area contributed by atoms with Gasteiger partial charge in [-0.25, -0.2) is 0 Å². The van der Waals surface area contributed by atoms with Gasteiger partial charge < -0.3 is 19.1 Å². The normalized spacial score (nSPS) is 10.9. The van der Waals surface area contributed by atoms with E-state index in [4.69, 9.17) is 16.3 Å². The Labute approximate surface area is 177 Å². The highest BCUT2D eigenvalue weighted by atomic mass is 35.5. The number of rotatable bonds is 9. The summed E-state index contributed by atoms with van der Waals surface area (Å²) < 4.78 is 38.9. The lowest BCUT2D eigenvalue weighted by Crippen LogP contribution is -2.34. The molecule has 2 aromatic rings. The quantitative estimate of drug-likeness (QED) is 0.433. The summed E-state index contributed by atoms with van der Waals surface area (Å²) in [5, 5.41) is 0.553. The number of ether oxygens (including phenoxy) is 3. The van der Waals surface area contributed by atoms with Crippen molar-refractivity contribution < 1.29 is 32.6 Å². The van der Waals surface area contributed by atoms with Crippen LogP contribution in [0.4, 0.5) is 8.78 Å².